The van der Waals surface area contributed by atoms with Gasteiger partial charge in [0.2, 0.25) is 0 Å². The van der Waals surface area contributed by atoms with E-state index in [0.29, 0.717) is 5.92 Å². The Morgan fingerprint density at radius 2 is 1.57 bits per heavy atom. The summed E-state index contributed by atoms with van der Waals surface area (Å²) in [6.07, 6.45) is -3.87. The molecule has 0 amide bonds. The zero-order valence-electron chi connectivity index (χ0n) is 20.2. The lowest BCUT2D eigenvalue weighted by molar-refractivity contribution is -0.193. The maximum atomic E-state index is 10.6. The molecule has 1 aliphatic rings. The molecule has 0 bridgehead atoms. The van der Waals surface area contributed by atoms with E-state index in [1.54, 1.807) is 17.5 Å². The number of aliphatic carboxylic acids is 2. The van der Waals surface area contributed by atoms with Crippen molar-refractivity contribution in [2.45, 2.75) is 51.6 Å². The number of halogens is 6. The maximum absolute atomic E-state index is 10.6. The Morgan fingerprint density at radius 3 is 1.92 bits per heavy atom. The van der Waals surface area contributed by atoms with Gasteiger partial charge in [-0.15, -0.1) is 11.3 Å². The van der Waals surface area contributed by atoms with E-state index >= 15 is 0 Å². The molecule has 0 aromatic carbocycles. The molecule has 1 fully saturated rings. The highest BCUT2D eigenvalue weighted by Crippen LogP contribution is 2.30. The third kappa shape index (κ3) is 11.1. The van der Waals surface area contributed by atoms with Gasteiger partial charge in [0, 0.05) is 37.3 Å². The van der Waals surface area contributed by atoms with Gasteiger partial charge in [-0.25, -0.2) is 19.6 Å². The van der Waals surface area contributed by atoms with E-state index < -0.39 is 30.4 Å². The highest BCUT2D eigenvalue weighted by molar-refractivity contribution is 7.11. The first-order valence-electron chi connectivity index (χ1n) is 10.8. The van der Waals surface area contributed by atoms with Crippen LogP contribution in [0.25, 0.3) is 0 Å². The molecule has 1 saturated heterocycles. The number of carbonyl (C=O) groups is 2. The van der Waals surface area contributed by atoms with Crippen LogP contribution in [0, 0.1) is 19.8 Å². The van der Waals surface area contributed by atoms with Crippen LogP contribution in [0.1, 0.15) is 40.3 Å². The molecule has 1 unspecified atom stereocenters. The van der Waals surface area contributed by atoms with Crippen LogP contribution in [0.5, 0.6) is 0 Å². The summed E-state index contributed by atoms with van der Waals surface area (Å²) >= 11 is 1.79. The molecule has 1 atom stereocenters. The average molecular weight is 563 g/mol. The predicted molar refractivity (Wildman–Crippen MR) is 120 cm³/mol. The SMILES string of the molecule is Cc1nc(CCN2CCC(C(O)c3nccn3C)CC2)c(C)s1.O=C(O)C(F)(F)F.O=C(O)C(F)(F)F. The molecule has 210 valence electrons. The van der Waals surface area contributed by atoms with Crippen molar-refractivity contribution in [3.05, 3.63) is 33.8 Å². The number of thiazole rings is 1. The van der Waals surface area contributed by atoms with E-state index in [0.717, 1.165) is 49.7 Å². The summed E-state index contributed by atoms with van der Waals surface area (Å²) in [7, 11) is 1.94. The van der Waals surface area contributed by atoms with Crippen molar-refractivity contribution in [2.75, 3.05) is 19.6 Å². The number of hydrogen-bond donors (Lipinski definition) is 3. The summed E-state index contributed by atoms with van der Waals surface area (Å²) in [5.74, 6) is -4.41. The van der Waals surface area contributed by atoms with Crippen molar-refractivity contribution in [2.24, 2.45) is 13.0 Å². The van der Waals surface area contributed by atoms with Gasteiger partial charge in [0.25, 0.3) is 0 Å². The minimum atomic E-state index is -5.08. The Labute approximate surface area is 212 Å². The second-order valence-electron chi connectivity index (χ2n) is 8.11. The molecule has 0 aliphatic carbocycles. The normalized spacial score (nSPS) is 15.7. The molecular weight excluding hydrogens is 534 g/mol. The molecule has 3 N–H and O–H groups in total. The Bertz CT molecular complexity index is 992. The van der Waals surface area contributed by atoms with Crippen LogP contribution in [-0.4, -0.2) is 78.7 Å². The zero-order valence-corrected chi connectivity index (χ0v) is 21.0. The van der Waals surface area contributed by atoms with Crippen LogP contribution in [-0.2, 0) is 23.1 Å². The van der Waals surface area contributed by atoms with Crippen LogP contribution in [0.4, 0.5) is 26.3 Å². The second-order valence-corrected chi connectivity index (χ2v) is 9.52. The molecule has 37 heavy (non-hydrogen) atoms. The molecular formula is C21H28F6N4O5S. The van der Waals surface area contributed by atoms with Gasteiger partial charge in [-0.1, -0.05) is 0 Å². The number of aromatic nitrogens is 3. The number of alkyl halides is 6. The summed E-state index contributed by atoms with van der Waals surface area (Å²) in [4.78, 5) is 30.5. The molecule has 2 aromatic heterocycles. The lowest BCUT2D eigenvalue weighted by atomic mass is 9.90. The first-order chi connectivity index (χ1) is 16.9. The standard InChI is InChI=1S/C17H26N4OS.2C2HF3O2/c1-12-15(19-13(2)23-12)6-10-21-8-4-14(5-9-21)16(22)17-18-7-11-20(17)3;2*3-2(4,5)1(6)7/h7,11,14,16,22H,4-6,8-10H2,1-3H3;2*(H,6,7). The van der Waals surface area contributed by atoms with Gasteiger partial charge in [0.1, 0.15) is 11.9 Å². The Balaban J connectivity index is 0.000000404. The number of likely N-dealkylation sites (tertiary alicyclic amines) is 1. The van der Waals surface area contributed by atoms with Crippen molar-refractivity contribution in [1.82, 2.24) is 19.4 Å². The average Bonchev–Trinajstić information content (AvgIpc) is 3.35. The highest BCUT2D eigenvalue weighted by atomic mass is 32.1. The predicted octanol–water partition coefficient (Wildman–Crippen LogP) is 3.75. The van der Waals surface area contributed by atoms with Crippen molar-refractivity contribution in [3.63, 3.8) is 0 Å². The van der Waals surface area contributed by atoms with Gasteiger partial charge < -0.3 is 24.8 Å². The van der Waals surface area contributed by atoms with Crippen LogP contribution >= 0.6 is 11.3 Å². The number of piperidine rings is 1. The number of imidazole rings is 1. The van der Waals surface area contributed by atoms with E-state index in [2.05, 4.69) is 28.7 Å². The van der Waals surface area contributed by atoms with E-state index in [-0.39, 0.29) is 0 Å². The van der Waals surface area contributed by atoms with E-state index in [9.17, 15) is 31.4 Å². The maximum Gasteiger partial charge on any atom is 0.490 e. The summed E-state index contributed by atoms with van der Waals surface area (Å²) in [5.41, 5.74) is 1.25. The van der Waals surface area contributed by atoms with Crippen molar-refractivity contribution >= 4 is 23.3 Å². The molecule has 0 spiro atoms. The topological polar surface area (TPSA) is 129 Å². The number of aliphatic hydroxyl groups excluding tert-OH is 1. The summed E-state index contributed by atoms with van der Waals surface area (Å²) in [5, 5.41) is 25.9. The first-order valence-corrected chi connectivity index (χ1v) is 11.7. The van der Waals surface area contributed by atoms with Gasteiger partial charge in [-0.05, 0) is 45.7 Å². The zero-order chi connectivity index (χ0) is 28.6. The fraction of sp³-hybridized carbons (Fsp3) is 0.619. The fourth-order valence-corrected chi connectivity index (χ4v) is 4.30. The van der Waals surface area contributed by atoms with E-state index in [1.807, 2.05) is 17.8 Å². The molecule has 0 radical (unpaired) electrons. The highest BCUT2D eigenvalue weighted by Gasteiger charge is 2.38. The van der Waals surface area contributed by atoms with Gasteiger partial charge in [-0.2, -0.15) is 26.3 Å². The number of aryl methyl sites for hydroxylation is 3. The first kappa shape index (κ1) is 32.3. The number of hydrogen-bond acceptors (Lipinski definition) is 7. The fourth-order valence-electron chi connectivity index (χ4n) is 3.43. The van der Waals surface area contributed by atoms with Gasteiger partial charge >= 0.3 is 24.3 Å². The minimum Gasteiger partial charge on any atom is -0.475 e. The molecule has 0 saturated carbocycles. The van der Waals surface area contributed by atoms with Gasteiger partial charge in [0.15, 0.2) is 0 Å². The molecule has 2 aromatic rings. The summed E-state index contributed by atoms with van der Waals surface area (Å²) in [6.45, 7) is 7.40. The summed E-state index contributed by atoms with van der Waals surface area (Å²) in [6, 6.07) is 0. The van der Waals surface area contributed by atoms with Crippen LogP contribution in [0.15, 0.2) is 12.4 Å². The third-order valence-electron chi connectivity index (χ3n) is 5.35. The second kappa shape index (κ2) is 13.7. The Morgan fingerprint density at radius 1 is 1.08 bits per heavy atom. The number of aliphatic hydroxyl groups is 1. The number of rotatable bonds is 5. The van der Waals surface area contributed by atoms with E-state index in [4.69, 9.17) is 19.8 Å². The monoisotopic (exact) mass is 562 g/mol. The number of carboxylic acid groups (broad SMARTS) is 2. The van der Waals surface area contributed by atoms with Crippen LogP contribution < -0.4 is 0 Å². The van der Waals surface area contributed by atoms with Crippen molar-refractivity contribution in [3.8, 4) is 0 Å². The Hall–Kier alpha value is -2.72. The quantitative estimate of drug-likeness (QED) is 0.470. The van der Waals surface area contributed by atoms with Crippen LogP contribution in [0.3, 0.4) is 0 Å². The van der Waals surface area contributed by atoms with Gasteiger partial charge in [0.05, 0.1) is 10.7 Å². The third-order valence-corrected chi connectivity index (χ3v) is 6.28. The largest absolute Gasteiger partial charge is 0.490 e. The number of nitrogens with zero attached hydrogens (tertiary/aromatic N) is 4. The molecule has 3 rings (SSSR count). The van der Waals surface area contributed by atoms with Crippen LogP contribution in [0.2, 0.25) is 0 Å². The summed E-state index contributed by atoms with van der Waals surface area (Å²) < 4.78 is 65.4. The number of carboxylic acids is 2. The molecule has 1 aliphatic heterocycles. The lowest BCUT2D eigenvalue weighted by Gasteiger charge is -2.33. The van der Waals surface area contributed by atoms with E-state index in [1.165, 1.54) is 10.6 Å². The molecule has 3 heterocycles. The molecule has 9 nitrogen and oxygen atoms in total. The van der Waals surface area contributed by atoms with Gasteiger partial charge in [-0.3, -0.25) is 0 Å². The smallest absolute Gasteiger partial charge is 0.475 e. The van der Waals surface area contributed by atoms with Crippen molar-refractivity contribution < 1.29 is 51.3 Å². The Kier molecular flexibility index (Phi) is 12.0. The molecule has 16 heteroatoms. The lowest BCUT2D eigenvalue weighted by Crippen LogP contribution is -2.37. The van der Waals surface area contributed by atoms with Crippen molar-refractivity contribution in [1.29, 1.82) is 0 Å². The minimum absolute atomic E-state index is 0.315.